The van der Waals surface area contributed by atoms with Gasteiger partial charge in [-0.25, -0.2) is 9.18 Å². The standard InChI is InChI=1S/C22H24Cl2FN3O2/c23-19-6-3-16-14-28(8-7-18(16)21(19)24)22(29)26-13-20(27-9-11-30-12-10-27)15-1-4-17(25)5-2-15/h1-6,20H,7-14H2,(H,26,29). The monoisotopic (exact) mass is 451 g/mol. The molecule has 8 heteroatoms. The number of carbonyl (C=O) groups is 1. The highest BCUT2D eigenvalue weighted by atomic mass is 35.5. The van der Waals surface area contributed by atoms with Crippen LogP contribution >= 0.6 is 23.2 Å². The minimum absolute atomic E-state index is 0.0382. The van der Waals surface area contributed by atoms with Crippen LogP contribution in [0.2, 0.25) is 10.0 Å². The third kappa shape index (κ3) is 4.72. The highest BCUT2D eigenvalue weighted by Gasteiger charge is 2.26. The van der Waals surface area contributed by atoms with E-state index in [1.165, 1.54) is 12.1 Å². The zero-order chi connectivity index (χ0) is 21.1. The maximum Gasteiger partial charge on any atom is 0.317 e. The zero-order valence-corrected chi connectivity index (χ0v) is 18.1. The fourth-order valence-electron chi connectivity index (χ4n) is 4.08. The van der Waals surface area contributed by atoms with E-state index in [4.69, 9.17) is 27.9 Å². The van der Waals surface area contributed by atoms with E-state index >= 15 is 0 Å². The maximum atomic E-state index is 13.4. The summed E-state index contributed by atoms with van der Waals surface area (Å²) in [4.78, 5) is 16.9. The number of hydrogen-bond donors (Lipinski definition) is 1. The normalized spacial score (nSPS) is 18.0. The number of nitrogens with zero attached hydrogens (tertiary/aromatic N) is 2. The summed E-state index contributed by atoms with van der Waals surface area (Å²) in [6.07, 6.45) is 0.674. The first-order chi connectivity index (χ1) is 14.5. The molecule has 2 aliphatic rings. The molecule has 1 atom stereocenters. The number of fused-ring (bicyclic) bond motifs is 1. The largest absolute Gasteiger partial charge is 0.379 e. The van der Waals surface area contributed by atoms with E-state index < -0.39 is 0 Å². The molecule has 30 heavy (non-hydrogen) atoms. The number of hydrogen-bond acceptors (Lipinski definition) is 3. The van der Waals surface area contributed by atoms with Crippen LogP contribution in [-0.2, 0) is 17.7 Å². The number of halogens is 3. The summed E-state index contributed by atoms with van der Waals surface area (Å²) in [5.74, 6) is -0.269. The average Bonchev–Trinajstić information content (AvgIpc) is 2.78. The molecule has 1 unspecified atom stereocenters. The average molecular weight is 452 g/mol. The van der Waals surface area contributed by atoms with Crippen LogP contribution in [-0.4, -0.2) is 55.2 Å². The summed E-state index contributed by atoms with van der Waals surface area (Å²) in [6.45, 7) is 4.36. The third-order valence-corrected chi connectivity index (χ3v) is 6.60. The minimum Gasteiger partial charge on any atom is -0.379 e. The molecule has 4 rings (SSSR count). The molecule has 2 aromatic carbocycles. The number of nitrogens with one attached hydrogen (secondary N) is 1. The van der Waals surface area contributed by atoms with Crippen LogP contribution < -0.4 is 5.32 Å². The minimum atomic E-state index is -0.269. The highest BCUT2D eigenvalue weighted by molar-refractivity contribution is 6.42. The summed E-state index contributed by atoms with van der Waals surface area (Å²) in [5.41, 5.74) is 3.02. The van der Waals surface area contributed by atoms with Crippen molar-refractivity contribution in [1.82, 2.24) is 15.1 Å². The van der Waals surface area contributed by atoms with Gasteiger partial charge in [0.15, 0.2) is 0 Å². The molecule has 160 valence electrons. The number of urea groups is 1. The van der Waals surface area contributed by atoms with Crippen molar-refractivity contribution in [3.63, 3.8) is 0 Å². The first-order valence-electron chi connectivity index (χ1n) is 10.1. The number of amides is 2. The van der Waals surface area contributed by atoms with E-state index in [-0.39, 0.29) is 17.9 Å². The van der Waals surface area contributed by atoms with Crippen molar-refractivity contribution in [2.45, 2.75) is 19.0 Å². The van der Waals surface area contributed by atoms with Crippen molar-refractivity contribution in [2.24, 2.45) is 0 Å². The Morgan fingerprint density at radius 1 is 1.10 bits per heavy atom. The van der Waals surface area contributed by atoms with Crippen LogP contribution in [0.1, 0.15) is 22.7 Å². The Kier molecular flexibility index (Phi) is 6.78. The zero-order valence-electron chi connectivity index (χ0n) is 16.5. The van der Waals surface area contributed by atoms with Crippen LogP contribution in [0.15, 0.2) is 36.4 Å². The lowest BCUT2D eigenvalue weighted by molar-refractivity contribution is 0.0164. The second-order valence-corrected chi connectivity index (χ2v) is 8.36. The SMILES string of the molecule is O=C(NCC(c1ccc(F)cc1)N1CCOCC1)N1CCc2c(ccc(Cl)c2Cl)C1. The Morgan fingerprint density at radius 2 is 1.83 bits per heavy atom. The number of carbonyl (C=O) groups excluding carboxylic acids is 1. The Hall–Kier alpha value is -1.86. The molecule has 0 spiro atoms. The fourth-order valence-corrected chi connectivity index (χ4v) is 4.54. The predicted octanol–water partition coefficient (Wildman–Crippen LogP) is 4.27. The van der Waals surface area contributed by atoms with Crippen LogP contribution in [0.4, 0.5) is 9.18 Å². The van der Waals surface area contributed by atoms with Gasteiger partial charge in [0.25, 0.3) is 0 Å². The van der Waals surface area contributed by atoms with Gasteiger partial charge in [-0.15, -0.1) is 0 Å². The van der Waals surface area contributed by atoms with Crippen LogP contribution in [0.5, 0.6) is 0 Å². The lowest BCUT2D eigenvalue weighted by Gasteiger charge is -2.36. The lowest BCUT2D eigenvalue weighted by atomic mass is 10.00. The molecule has 2 aliphatic heterocycles. The highest BCUT2D eigenvalue weighted by Crippen LogP contribution is 2.32. The molecular weight excluding hydrogens is 428 g/mol. The van der Waals surface area contributed by atoms with Gasteiger partial charge in [-0.2, -0.15) is 0 Å². The third-order valence-electron chi connectivity index (χ3n) is 5.76. The predicted molar refractivity (Wildman–Crippen MR) is 116 cm³/mol. The van der Waals surface area contributed by atoms with E-state index in [1.54, 1.807) is 23.1 Å². The van der Waals surface area contributed by atoms with Gasteiger partial charge < -0.3 is 15.0 Å². The maximum absolute atomic E-state index is 13.4. The molecule has 1 saturated heterocycles. The van der Waals surface area contributed by atoms with Gasteiger partial charge in [0.2, 0.25) is 0 Å². The summed E-state index contributed by atoms with van der Waals surface area (Å²) < 4.78 is 18.9. The fraction of sp³-hybridized carbons (Fsp3) is 0.409. The summed E-state index contributed by atoms with van der Waals surface area (Å²) in [6, 6.07) is 10.0. The van der Waals surface area contributed by atoms with Gasteiger partial charge in [0, 0.05) is 32.7 Å². The van der Waals surface area contributed by atoms with Crippen molar-refractivity contribution >= 4 is 29.2 Å². The molecule has 1 N–H and O–H groups in total. The Labute approximate surface area is 185 Å². The summed E-state index contributed by atoms with van der Waals surface area (Å²) in [7, 11) is 0. The van der Waals surface area contributed by atoms with E-state index in [9.17, 15) is 9.18 Å². The van der Waals surface area contributed by atoms with Gasteiger partial charge >= 0.3 is 6.03 Å². The van der Waals surface area contributed by atoms with Crippen molar-refractivity contribution in [2.75, 3.05) is 39.4 Å². The Balaban J connectivity index is 1.43. The van der Waals surface area contributed by atoms with E-state index in [0.29, 0.717) is 49.3 Å². The Bertz CT molecular complexity index is 904. The molecule has 0 radical (unpaired) electrons. The quantitative estimate of drug-likeness (QED) is 0.754. The van der Waals surface area contributed by atoms with Crippen molar-refractivity contribution in [1.29, 1.82) is 0 Å². The van der Waals surface area contributed by atoms with Crippen LogP contribution in [0.25, 0.3) is 0 Å². The van der Waals surface area contributed by atoms with E-state index in [2.05, 4.69) is 10.2 Å². The van der Waals surface area contributed by atoms with Gasteiger partial charge in [0.1, 0.15) is 5.82 Å². The molecule has 0 saturated carbocycles. The first-order valence-corrected chi connectivity index (χ1v) is 10.8. The first kappa shape index (κ1) is 21.4. The van der Waals surface area contributed by atoms with Gasteiger partial charge in [-0.3, -0.25) is 4.90 Å². The van der Waals surface area contributed by atoms with Gasteiger partial charge in [0.05, 0.1) is 29.3 Å². The van der Waals surface area contributed by atoms with Crippen LogP contribution in [0.3, 0.4) is 0 Å². The van der Waals surface area contributed by atoms with E-state index in [1.807, 2.05) is 6.07 Å². The lowest BCUT2D eigenvalue weighted by Crippen LogP contribution is -2.47. The van der Waals surface area contributed by atoms with Gasteiger partial charge in [-0.05, 0) is 41.3 Å². The van der Waals surface area contributed by atoms with E-state index in [0.717, 1.165) is 29.8 Å². The topological polar surface area (TPSA) is 44.8 Å². The number of morpholine rings is 1. The molecule has 2 amide bonds. The molecule has 2 aromatic rings. The molecule has 5 nitrogen and oxygen atoms in total. The summed E-state index contributed by atoms with van der Waals surface area (Å²) in [5, 5.41) is 4.20. The number of benzene rings is 2. The molecular formula is C22H24Cl2FN3O2. The molecule has 0 aromatic heterocycles. The number of rotatable bonds is 4. The summed E-state index contributed by atoms with van der Waals surface area (Å²) >= 11 is 12.4. The molecule has 0 aliphatic carbocycles. The molecule has 2 heterocycles. The molecule has 1 fully saturated rings. The molecule has 0 bridgehead atoms. The van der Waals surface area contributed by atoms with Gasteiger partial charge in [-0.1, -0.05) is 41.4 Å². The second kappa shape index (κ2) is 9.52. The second-order valence-electron chi connectivity index (χ2n) is 7.57. The smallest absolute Gasteiger partial charge is 0.317 e. The number of ether oxygens (including phenoxy) is 1. The Morgan fingerprint density at radius 3 is 2.57 bits per heavy atom. The van der Waals surface area contributed by atoms with Crippen molar-refractivity contribution < 1.29 is 13.9 Å². The van der Waals surface area contributed by atoms with Crippen LogP contribution in [0, 0.1) is 5.82 Å². The van der Waals surface area contributed by atoms with Crippen molar-refractivity contribution in [3.05, 3.63) is 69.0 Å². The van der Waals surface area contributed by atoms with Crippen molar-refractivity contribution in [3.8, 4) is 0 Å².